The van der Waals surface area contributed by atoms with Crippen LogP contribution >= 0.6 is 0 Å². The minimum absolute atomic E-state index is 0.0228. The third kappa shape index (κ3) is 3.33. The third-order valence-corrected chi connectivity index (χ3v) is 2.03. The first-order valence-corrected chi connectivity index (χ1v) is 4.58. The van der Waals surface area contributed by atoms with Gasteiger partial charge in [-0.05, 0) is 25.1 Å². The van der Waals surface area contributed by atoms with Gasteiger partial charge < -0.3 is 10.4 Å². The van der Waals surface area contributed by atoms with Crippen LogP contribution in [0.3, 0.4) is 0 Å². The minimum Gasteiger partial charge on any atom is -0.480 e. The number of nitrogens with one attached hydrogen (secondary N) is 1. The Hall–Kier alpha value is -1.79. The molecule has 0 spiro atoms. The molecule has 0 aliphatic heterocycles. The van der Waals surface area contributed by atoms with Gasteiger partial charge in [-0.2, -0.15) is 13.2 Å². The first-order chi connectivity index (χ1) is 7.71. The lowest BCUT2D eigenvalue weighted by atomic mass is 10.1. The van der Waals surface area contributed by atoms with Crippen molar-refractivity contribution < 1.29 is 27.5 Å². The van der Waals surface area contributed by atoms with E-state index in [1.54, 1.807) is 0 Å². The van der Waals surface area contributed by atoms with Gasteiger partial charge in [0.25, 0.3) is 0 Å². The van der Waals surface area contributed by atoms with Gasteiger partial charge in [0.15, 0.2) is 0 Å². The van der Waals surface area contributed by atoms with E-state index in [0.717, 1.165) is 6.07 Å². The number of carbonyl (C=O) groups is 1. The van der Waals surface area contributed by atoms with E-state index in [0.29, 0.717) is 12.1 Å². The van der Waals surface area contributed by atoms with Gasteiger partial charge in [-0.3, -0.25) is 4.79 Å². The van der Waals surface area contributed by atoms with Crippen molar-refractivity contribution in [1.82, 2.24) is 0 Å². The molecule has 0 aromatic heterocycles. The second-order valence-electron chi connectivity index (χ2n) is 3.40. The monoisotopic (exact) mass is 251 g/mol. The number of carboxylic acids is 1. The van der Waals surface area contributed by atoms with Gasteiger partial charge in [-0.25, -0.2) is 4.39 Å². The topological polar surface area (TPSA) is 49.3 Å². The number of hydrogen-bond acceptors (Lipinski definition) is 2. The fourth-order valence-corrected chi connectivity index (χ4v) is 1.15. The Morgan fingerprint density at radius 2 is 2.00 bits per heavy atom. The van der Waals surface area contributed by atoms with E-state index in [1.807, 2.05) is 0 Å². The minimum atomic E-state index is -4.76. The molecule has 0 saturated heterocycles. The predicted octanol–water partition coefficient (Wildman–Crippen LogP) is 2.73. The molecule has 0 fully saturated rings. The first kappa shape index (κ1) is 13.3. The number of hydrogen-bond donors (Lipinski definition) is 2. The molecule has 17 heavy (non-hydrogen) atoms. The normalized spacial score (nSPS) is 13.2. The second-order valence-corrected chi connectivity index (χ2v) is 3.40. The molecule has 0 aliphatic carbocycles. The largest absolute Gasteiger partial charge is 0.480 e. The molecule has 1 unspecified atom stereocenters. The summed E-state index contributed by atoms with van der Waals surface area (Å²) in [4.78, 5) is 10.5. The second kappa shape index (κ2) is 4.60. The Morgan fingerprint density at radius 1 is 1.41 bits per heavy atom. The molecule has 1 aromatic rings. The number of benzene rings is 1. The summed E-state index contributed by atoms with van der Waals surface area (Å²) >= 11 is 0. The van der Waals surface area contributed by atoms with E-state index >= 15 is 0 Å². The molecule has 0 heterocycles. The van der Waals surface area contributed by atoms with Gasteiger partial charge >= 0.3 is 12.1 Å². The highest BCUT2D eigenvalue weighted by atomic mass is 19.4. The zero-order valence-electron chi connectivity index (χ0n) is 8.68. The number of alkyl halides is 3. The van der Waals surface area contributed by atoms with Crippen LogP contribution in [0, 0.1) is 5.82 Å². The van der Waals surface area contributed by atoms with Crippen molar-refractivity contribution in [2.45, 2.75) is 19.1 Å². The molecule has 0 radical (unpaired) electrons. The van der Waals surface area contributed by atoms with Crippen molar-refractivity contribution >= 4 is 11.7 Å². The molecule has 1 rings (SSSR count). The van der Waals surface area contributed by atoms with Crippen molar-refractivity contribution in [3.63, 3.8) is 0 Å². The van der Waals surface area contributed by atoms with Crippen LogP contribution in [0.1, 0.15) is 12.5 Å². The van der Waals surface area contributed by atoms with Crippen LogP contribution in [0.4, 0.5) is 23.2 Å². The van der Waals surface area contributed by atoms with Crippen LogP contribution in [-0.2, 0) is 11.0 Å². The first-order valence-electron chi connectivity index (χ1n) is 4.58. The van der Waals surface area contributed by atoms with Gasteiger partial charge in [0.2, 0.25) is 0 Å². The summed E-state index contributed by atoms with van der Waals surface area (Å²) in [7, 11) is 0. The van der Waals surface area contributed by atoms with Crippen molar-refractivity contribution in [2.24, 2.45) is 0 Å². The lowest BCUT2D eigenvalue weighted by molar-refractivity contribution is -0.140. The summed E-state index contributed by atoms with van der Waals surface area (Å²) in [6, 6.07) is 1.13. The lowest BCUT2D eigenvalue weighted by Gasteiger charge is -2.13. The van der Waals surface area contributed by atoms with Crippen molar-refractivity contribution in [3.05, 3.63) is 29.6 Å². The molecule has 7 heteroatoms. The summed E-state index contributed by atoms with van der Waals surface area (Å²) < 4.78 is 49.7. The number of aliphatic carboxylic acids is 1. The fourth-order valence-electron chi connectivity index (χ4n) is 1.15. The Morgan fingerprint density at radius 3 is 2.41 bits per heavy atom. The molecule has 0 aliphatic rings. The van der Waals surface area contributed by atoms with Gasteiger partial charge in [-0.15, -0.1) is 0 Å². The standard InChI is InChI=1S/C10H9F4NO2/c1-5(9(16)17)15-6-2-3-7(8(11)4-6)10(12,13)14/h2-5,15H,1H3,(H,16,17). The smallest absolute Gasteiger partial charge is 0.419 e. The van der Waals surface area contributed by atoms with E-state index in [-0.39, 0.29) is 5.69 Å². The van der Waals surface area contributed by atoms with E-state index in [2.05, 4.69) is 5.32 Å². The zero-order valence-corrected chi connectivity index (χ0v) is 8.68. The van der Waals surface area contributed by atoms with E-state index in [1.165, 1.54) is 6.92 Å². The summed E-state index contributed by atoms with van der Waals surface area (Å²) in [5.74, 6) is -2.63. The van der Waals surface area contributed by atoms with E-state index in [4.69, 9.17) is 5.11 Å². The number of carboxylic acid groups (broad SMARTS) is 1. The summed E-state index contributed by atoms with van der Waals surface area (Å²) in [6.45, 7) is 1.29. The van der Waals surface area contributed by atoms with Crippen molar-refractivity contribution in [2.75, 3.05) is 5.32 Å². The van der Waals surface area contributed by atoms with Gasteiger partial charge in [0.05, 0.1) is 5.56 Å². The fraction of sp³-hybridized carbons (Fsp3) is 0.300. The van der Waals surface area contributed by atoms with E-state index < -0.39 is 29.6 Å². The number of rotatable bonds is 3. The molecule has 1 aromatic carbocycles. The quantitative estimate of drug-likeness (QED) is 0.812. The Bertz CT molecular complexity index is 431. The van der Waals surface area contributed by atoms with Gasteiger partial charge in [0, 0.05) is 5.69 Å². The van der Waals surface area contributed by atoms with Gasteiger partial charge in [-0.1, -0.05) is 0 Å². The van der Waals surface area contributed by atoms with Crippen LogP contribution in [0.25, 0.3) is 0 Å². The average Bonchev–Trinajstić information content (AvgIpc) is 2.15. The van der Waals surface area contributed by atoms with E-state index in [9.17, 15) is 22.4 Å². The maximum Gasteiger partial charge on any atom is 0.419 e. The predicted molar refractivity (Wildman–Crippen MR) is 52.1 cm³/mol. The summed E-state index contributed by atoms with van der Waals surface area (Å²) in [6.07, 6.45) is -4.76. The lowest BCUT2D eigenvalue weighted by Crippen LogP contribution is -2.25. The Kier molecular flexibility index (Phi) is 3.59. The molecule has 0 amide bonds. The number of halogens is 4. The van der Waals surface area contributed by atoms with Crippen LogP contribution in [0.15, 0.2) is 18.2 Å². The highest BCUT2D eigenvalue weighted by Crippen LogP contribution is 2.32. The molecule has 1 atom stereocenters. The third-order valence-electron chi connectivity index (χ3n) is 2.03. The maximum atomic E-state index is 13.1. The summed E-state index contributed by atoms with van der Waals surface area (Å²) in [5, 5.41) is 10.9. The van der Waals surface area contributed by atoms with Crippen molar-refractivity contribution in [3.8, 4) is 0 Å². The number of anilines is 1. The molecule has 0 bridgehead atoms. The molecule has 94 valence electrons. The van der Waals surface area contributed by atoms with Crippen LogP contribution in [-0.4, -0.2) is 17.1 Å². The SMILES string of the molecule is CC(Nc1ccc(C(F)(F)F)c(F)c1)C(=O)O. The van der Waals surface area contributed by atoms with Crippen LogP contribution in [0.5, 0.6) is 0 Å². The highest BCUT2D eigenvalue weighted by Gasteiger charge is 2.33. The van der Waals surface area contributed by atoms with Crippen LogP contribution in [0.2, 0.25) is 0 Å². The molecule has 0 saturated carbocycles. The maximum absolute atomic E-state index is 13.1. The van der Waals surface area contributed by atoms with Crippen LogP contribution < -0.4 is 5.32 Å². The highest BCUT2D eigenvalue weighted by molar-refractivity contribution is 5.76. The Balaban J connectivity index is 2.94. The van der Waals surface area contributed by atoms with Crippen molar-refractivity contribution in [1.29, 1.82) is 0 Å². The zero-order chi connectivity index (χ0) is 13.2. The van der Waals surface area contributed by atoms with Gasteiger partial charge in [0.1, 0.15) is 11.9 Å². The average molecular weight is 251 g/mol. The molecular formula is C10H9F4NO2. The molecule has 2 N–H and O–H groups in total. The summed E-state index contributed by atoms with van der Waals surface area (Å²) in [5.41, 5.74) is -1.41. The Labute approximate surface area is 94.1 Å². The molecular weight excluding hydrogens is 242 g/mol. The molecule has 3 nitrogen and oxygen atoms in total.